The molecule has 32 heavy (non-hydrogen) atoms. The van der Waals surface area contributed by atoms with E-state index in [1.807, 2.05) is 51.9 Å². The van der Waals surface area contributed by atoms with Crippen molar-refractivity contribution in [2.45, 2.75) is 58.9 Å². The number of nitrogens with one attached hydrogen (secondary N) is 2. The number of aromatic nitrogens is 3. The number of nitrogens with zero attached hydrogens (tertiary/aromatic N) is 5. The maximum atomic E-state index is 13.1. The minimum Gasteiger partial charge on any atom is -0.299 e. The van der Waals surface area contributed by atoms with E-state index in [2.05, 4.69) is 36.0 Å². The summed E-state index contributed by atoms with van der Waals surface area (Å²) in [5, 5.41) is 5.75. The summed E-state index contributed by atoms with van der Waals surface area (Å²) in [6.07, 6.45) is 11.2. The summed E-state index contributed by atoms with van der Waals surface area (Å²) >= 11 is 0. The highest BCUT2D eigenvalue weighted by Crippen LogP contribution is 2.22. The zero-order valence-electron chi connectivity index (χ0n) is 18.8. The molecular weight excluding hydrogens is 402 g/mol. The van der Waals surface area contributed by atoms with Gasteiger partial charge >= 0.3 is 5.69 Å². The van der Waals surface area contributed by atoms with Crippen molar-refractivity contribution in [3.63, 3.8) is 0 Å². The van der Waals surface area contributed by atoms with Gasteiger partial charge in [0.05, 0.1) is 17.6 Å². The van der Waals surface area contributed by atoms with Crippen LogP contribution in [0.3, 0.4) is 0 Å². The highest BCUT2D eigenvalue weighted by atomic mass is 16.1. The number of benzene rings is 1. The van der Waals surface area contributed by atoms with Crippen LogP contribution in [0.2, 0.25) is 0 Å². The highest BCUT2D eigenvalue weighted by Gasteiger charge is 2.15. The van der Waals surface area contributed by atoms with E-state index in [1.165, 1.54) is 0 Å². The molecule has 0 spiro atoms. The third kappa shape index (κ3) is 4.69. The SMILES string of the molecule is CCCCc1cn(CCCC)c(=O)n1-c1ccc(Cc2ccccc2N2NC=NN2)nc1. The van der Waals surface area contributed by atoms with Crippen molar-refractivity contribution in [1.82, 2.24) is 25.1 Å². The van der Waals surface area contributed by atoms with E-state index >= 15 is 0 Å². The third-order valence-corrected chi connectivity index (χ3v) is 5.65. The van der Waals surface area contributed by atoms with Crippen LogP contribution < -0.4 is 21.8 Å². The van der Waals surface area contributed by atoms with Gasteiger partial charge in [-0.1, -0.05) is 44.9 Å². The molecule has 3 heterocycles. The van der Waals surface area contributed by atoms with Crippen LogP contribution in [-0.4, -0.2) is 20.5 Å². The average Bonchev–Trinajstić information content (AvgIpc) is 3.46. The van der Waals surface area contributed by atoms with Gasteiger partial charge in [-0.3, -0.25) is 19.5 Å². The van der Waals surface area contributed by atoms with Crippen LogP contribution >= 0.6 is 0 Å². The Hall–Kier alpha value is -3.55. The van der Waals surface area contributed by atoms with Gasteiger partial charge in [-0.2, -0.15) is 10.7 Å². The molecule has 168 valence electrons. The molecule has 0 amide bonds. The maximum Gasteiger partial charge on any atom is 0.333 e. The van der Waals surface area contributed by atoms with Crippen LogP contribution in [0.15, 0.2) is 58.7 Å². The van der Waals surface area contributed by atoms with Crippen LogP contribution in [0.4, 0.5) is 5.69 Å². The van der Waals surface area contributed by atoms with Gasteiger partial charge < -0.3 is 0 Å². The second kappa shape index (κ2) is 10.2. The van der Waals surface area contributed by atoms with E-state index in [4.69, 9.17) is 4.98 Å². The molecule has 2 aromatic heterocycles. The number of hydrazone groups is 1. The van der Waals surface area contributed by atoms with Gasteiger partial charge in [0, 0.05) is 30.6 Å². The molecule has 2 N–H and O–H groups in total. The van der Waals surface area contributed by atoms with Crippen molar-refractivity contribution in [2.24, 2.45) is 5.10 Å². The van der Waals surface area contributed by atoms with Crippen LogP contribution in [0, 0.1) is 0 Å². The molecule has 1 aliphatic heterocycles. The molecule has 0 radical (unpaired) electrons. The number of hydrogen-bond donors (Lipinski definition) is 2. The summed E-state index contributed by atoms with van der Waals surface area (Å²) in [6, 6.07) is 12.1. The summed E-state index contributed by atoms with van der Waals surface area (Å²) in [4.78, 5) is 17.8. The molecule has 0 saturated heterocycles. The minimum absolute atomic E-state index is 0.0237. The number of rotatable bonds is 10. The summed E-state index contributed by atoms with van der Waals surface area (Å²) in [6.45, 7) is 5.07. The maximum absolute atomic E-state index is 13.1. The first kappa shape index (κ1) is 21.7. The average molecular weight is 434 g/mol. The number of unbranched alkanes of at least 4 members (excludes halogenated alkanes) is 2. The fraction of sp³-hybridized carbons (Fsp3) is 0.375. The van der Waals surface area contributed by atoms with Crippen molar-refractivity contribution < 1.29 is 0 Å². The molecule has 0 aliphatic carbocycles. The Morgan fingerprint density at radius 1 is 1.03 bits per heavy atom. The van der Waals surface area contributed by atoms with Crippen molar-refractivity contribution in [3.05, 3.63) is 76.2 Å². The molecule has 0 bridgehead atoms. The molecule has 0 atom stereocenters. The van der Waals surface area contributed by atoms with Crippen LogP contribution in [0.1, 0.15) is 56.5 Å². The second-order valence-electron chi connectivity index (χ2n) is 8.02. The smallest absolute Gasteiger partial charge is 0.299 e. The van der Waals surface area contributed by atoms with E-state index in [0.29, 0.717) is 6.42 Å². The quantitative estimate of drug-likeness (QED) is 0.511. The van der Waals surface area contributed by atoms with Crippen molar-refractivity contribution in [1.29, 1.82) is 0 Å². The topological polar surface area (TPSA) is 79.5 Å². The first-order chi connectivity index (χ1) is 15.7. The van der Waals surface area contributed by atoms with E-state index < -0.39 is 0 Å². The van der Waals surface area contributed by atoms with Gasteiger partial charge in [0.15, 0.2) is 0 Å². The van der Waals surface area contributed by atoms with E-state index in [-0.39, 0.29) is 5.69 Å². The van der Waals surface area contributed by atoms with Gasteiger partial charge in [0.1, 0.15) is 6.34 Å². The Labute approximate surface area is 188 Å². The number of hydrazine groups is 2. The number of imidazole rings is 1. The Kier molecular flexibility index (Phi) is 6.89. The molecule has 0 fully saturated rings. The predicted octanol–water partition coefficient (Wildman–Crippen LogP) is 3.54. The lowest BCUT2D eigenvalue weighted by Crippen LogP contribution is -2.39. The number of para-hydroxylation sites is 1. The van der Waals surface area contributed by atoms with Crippen LogP contribution in [0.5, 0.6) is 0 Å². The monoisotopic (exact) mass is 433 g/mol. The van der Waals surface area contributed by atoms with Crippen molar-refractivity contribution in [3.8, 4) is 5.69 Å². The molecule has 3 aromatic rings. The molecule has 8 nitrogen and oxygen atoms in total. The van der Waals surface area contributed by atoms with E-state index in [0.717, 1.165) is 67.0 Å². The third-order valence-electron chi connectivity index (χ3n) is 5.65. The lowest BCUT2D eigenvalue weighted by Gasteiger charge is -2.20. The van der Waals surface area contributed by atoms with Crippen LogP contribution in [0.25, 0.3) is 5.69 Å². The first-order valence-corrected chi connectivity index (χ1v) is 11.4. The first-order valence-electron chi connectivity index (χ1n) is 11.4. The Balaban J connectivity index is 1.58. The minimum atomic E-state index is 0.0237. The second-order valence-corrected chi connectivity index (χ2v) is 8.02. The molecule has 1 aliphatic rings. The molecule has 4 rings (SSSR count). The molecule has 8 heteroatoms. The fourth-order valence-corrected chi connectivity index (χ4v) is 3.90. The zero-order chi connectivity index (χ0) is 22.3. The fourth-order valence-electron chi connectivity index (χ4n) is 3.90. The van der Waals surface area contributed by atoms with Crippen molar-refractivity contribution >= 4 is 12.0 Å². The molecule has 1 aromatic carbocycles. The molecular formula is C24H31N7O. The van der Waals surface area contributed by atoms with Gasteiger partial charge in [0.25, 0.3) is 0 Å². The van der Waals surface area contributed by atoms with Gasteiger partial charge in [-0.05, 0) is 43.0 Å². The summed E-state index contributed by atoms with van der Waals surface area (Å²) in [5.74, 6) is 0. The van der Waals surface area contributed by atoms with Crippen molar-refractivity contribution in [2.75, 3.05) is 5.12 Å². The lowest BCUT2D eigenvalue weighted by molar-refractivity contribution is 0.608. The summed E-state index contributed by atoms with van der Waals surface area (Å²) in [7, 11) is 0. The normalized spacial score (nSPS) is 12.8. The largest absolute Gasteiger partial charge is 0.333 e. The van der Waals surface area contributed by atoms with E-state index in [9.17, 15) is 4.79 Å². The predicted molar refractivity (Wildman–Crippen MR) is 128 cm³/mol. The Bertz CT molecular complexity index is 1110. The number of pyridine rings is 1. The lowest BCUT2D eigenvalue weighted by atomic mass is 10.1. The van der Waals surface area contributed by atoms with Crippen LogP contribution in [-0.2, 0) is 19.4 Å². The number of aryl methyl sites for hydroxylation is 2. The van der Waals surface area contributed by atoms with Gasteiger partial charge in [0.2, 0.25) is 0 Å². The molecule has 0 unspecified atom stereocenters. The standard InChI is InChI=1S/C24H31N7O/c1-3-5-10-22-17-29(14-6-4-2)24(32)30(22)21-13-12-20(25-16-21)15-19-9-7-8-11-23(19)31-27-18-26-28-31/h7-9,11-13,16-18,28H,3-6,10,14-15H2,1-2H3,(H,26,27). The summed E-state index contributed by atoms with van der Waals surface area (Å²) in [5.41, 5.74) is 10.9. The highest BCUT2D eigenvalue weighted by molar-refractivity contribution is 5.64. The Morgan fingerprint density at radius 3 is 2.59 bits per heavy atom. The van der Waals surface area contributed by atoms with E-state index in [1.54, 1.807) is 11.5 Å². The number of hydrogen-bond acceptors (Lipinski definition) is 6. The number of anilines is 1. The summed E-state index contributed by atoms with van der Waals surface area (Å²) < 4.78 is 3.67. The molecule has 0 saturated carbocycles. The Morgan fingerprint density at radius 2 is 1.88 bits per heavy atom. The van der Waals surface area contributed by atoms with Gasteiger partial charge in [-0.15, -0.1) is 5.10 Å². The zero-order valence-corrected chi connectivity index (χ0v) is 18.8. The van der Waals surface area contributed by atoms with Gasteiger partial charge in [-0.25, -0.2) is 4.79 Å².